The number of pyridine rings is 1. The summed E-state index contributed by atoms with van der Waals surface area (Å²) >= 11 is 0. The van der Waals surface area contributed by atoms with Crippen molar-refractivity contribution in [3.05, 3.63) is 72.1 Å². The molecular formula is C17H18N2O. The van der Waals surface area contributed by atoms with E-state index in [0.717, 1.165) is 30.3 Å². The van der Waals surface area contributed by atoms with Gasteiger partial charge < -0.3 is 5.11 Å². The van der Waals surface area contributed by atoms with Crippen LogP contribution < -0.4 is 0 Å². The summed E-state index contributed by atoms with van der Waals surface area (Å²) in [6.07, 6.45) is 5.94. The molecular weight excluding hydrogens is 248 g/mol. The van der Waals surface area contributed by atoms with Crippen LogP contribution in [0, 0.1) is 0 Å². The molecule has 3 rings (SSSR count). The third-order valence-electron chi connectivity index (χ3n) is 3.60. The lowest BCUT2D eigenvalue weighted by molar-refractivity contribution is 0.166. The molecule has 3 heteroatoms. The first-order valence-electron chi connectivity index (χ1n) is 6.99. The van der Waals surface area contributed by atoms with Crippen LogP contribution in [0.4, 0.5) is 0 Å². The fraction of sp³-hybridized carbons (Fsp3) is 0.235. The largest absolute Gasteiger partial charge is 0.388 e. The number of hydrogen-bond donors (Lipinski definition) is 1. The number of aliphatic hydroxyl groups excluding tert-OH is 1. The zero-order chi connectivity index (χ0) is 13.8. The Morgan fingerprint density at radius 2 is 1.85 bits per heavy atom. The van der Waals surface area contributed by atoms with Crippen molar-refractivity contribution in [1.82, 2.24) is 9.61 Å². The van der Waals surface area contributed by atoms with Crippen molar-refractivity contribution in [3.8, 4) is 0 Å². The Kier molecular flexibility index (Phi) is 3.79. The zero-order valence-electron chi connectivity index (χ0n) is 11.3. The topological polar surface area (TPSA) is 37.5 Å². The Morgan fingerprint density at radius 3 is 2.70 bits per heavy atom. The summed E-state index contributed by atoms with van der Waals surface area (Å²) in [5, 5.41) is 14.6. The highest BCUT2D eigenvalue weighted by atomic mass is 16.3. The molecule has 2 heterocycles. The van der Waals surface area contributed by atoms with Crippen LogP contribution in [-0.4, -0.2) is 14.7 Å². The first kappa shape index (κ1) is 12.9. The van der Waals surface area contributed by atoms with Crippen LogP contribution in [-0.2, 0) is 6.42 Å². The van der Waals surface area contributed by atoms with Gasteiger partial charge in [0.05, 0.1) is 17.8 Å². The van der Waals surface area contributed by atoms with Crippen LogP contribution in [0.3, 0.4) is 0 Å². The van der Waals surface area contributed by atoms with Gasteiger partial charge in [-0.05, 0) is 37.0 Å². The van der Waals surface area contributed by atoms with Crippen LogP contribution in [0.2, 0.25) is 0 Å². The Morgan fingerprint density at radius 1 is 1.05 bits per heavy atom. The van der Waals surface area contributed by atoms with Gasteiger partial charge in [0, 0.05) is 11.8 Å². The van der Waals surface area contributed by atoms with Gasteiger partial charge in [0.2, 0.25) is 0 Å². The molecule has 1 unspecified atom stereocenters. The Bertz CT molecular complexity index is 676. The molecule has 0 aliphatic rings. The van der Waals surface area contributed by atoms with Crippen LogP contribution in [0.25, 0.3) is 5.52 Å². The molecule has 20 heavy (non-hydrogen) atoms. The van der Waals surface area contributed by atoms with E-state index in [1.54, 1.807) is 10.7 Å². The van der Waals surface area contributed by atoms with Gasteiger partial charge in [-0.1, -0.05) is 36.4 Å². The Balaban J connectivity index is 1.63. The zero-order valence-corrected chi connectivity index (χ0v) is 11.3. The lowest BCUT2D eigenvalue weighted by Crippen LogP contribution is -1.98. The van der Waals surface area contributed by atoms with Crippen LogP contribution in [0.1, 0.15) is 30.1 Å². The highest BCUT2D eigenvalue weighted by molar-refractivity contribution is 5.54. The van der Waals surface area contributed by atoms with Crippen molar-refractivity contribution in [1.29, 1.82) is 0 Å². The van der Waals surface area contributed by atoms with Gasteiger partial charge in [0.1, 0.15) is 0 Å². The molecule has 1 aromatic carbocycles. The van der Waals surface area contributed by atoms with E-state index in [0.29, 0.717) is 0 Å². The average Bonchev–Trinajstić information content (AvgIpc) is 2.92. The van der Waals surface area contributed by atoms with Gasteiger partial charge in [-0.15, -0.1) is 0 Å². The Labute approximate surface area is 118 Å². The summed E-state index contributed by atoms with van der Waals surface area (Å²) in [5.74, 6) is 0. The second-order valence-corrected chi connectivity index (χ2v) is 5.02. The predicted molar refractivity (Wildman–Crippen MR) is 79.5 cm³/mol. The molecule has 0 saturated carbocycles. The van der Waals surface area contributed by atoms with Crippen molar-refractivity contribution in [2.45, 2.75) is 25.4 Å². The van der Waals surface area contributed by atoms with Crippen LogP contribution in [0.15, 0.2) is 60.9 Å². The molecule has 0 saturated heterocycles. The molecule has 3 nitrogen and oxygen atoms in total. The van der Waals surface area contributed by atoms with E-state index in [2.05, 4.69) is 29.4 Å². The van der Waals surface area contributed by atoms with Crippen molar-refractivity contribution >= 4 is 5.52 Å². The van der Waals surface area contributed by atoms with Gasteiger partial charge in [0.25, 0.3) is 0 Å². The normalized spacial score (nSPS) is 12.7. The van der Waals surface area contributed by atoms with E-state index in [4.69, 9.17) is 0 Å². The SMILES string of the molecule is OC(CCCc1ccccc1)c1cnn2ccccc12. The number of nitrogens with zero attached hydrogens (tertiary/aromatic N) is 2. The summed E-state index contributed by atoms with van der Waals surface area (Å²) in [6.45, 7) is 0. The smallest absolute Gasteiger partial charge is 0.0826 e. The number of aliphatic hydroxyl groups is 1. The standard InChI is InChI=1S/C17H18N2O/c20-17(11-6-9-14-7-2-1-3-8-14)15-13-18-19-12-5-4-10-16(15)19/h1-5,7-8,10,12-13,17,20H,6,9,11H2. The van der Waals surface area contributed by atoms with Crippen molar-refractivity contribution in [2.75, 3.05) is 0 Å². The lowest BCUT2D eigenvalue weighted by Gasteiger charge is -2.09. The van der Waals surface area contributed by atoms with E-state index in [-0.39, 0.29) is 0 Å². The van der Waals surface area contributed by atoms with Gasteiger partial charge in [-0.25, -0.2) is 4.52 Å². The van der Waals surface area contributed by atoms with E-state index >= 15 is 0 Å². The van der Waals surface area contributed by atoms with E-state index in [1.165, 1.54) is 5.56 Å². The van der Waals surface area contributed by atoms with Crippen molar-refractivity contribution in [2.24, 2.45) is 0 Å². The lowest BCUT2D eigenvalue weighted by atomic mass is 10.0. The molecule has 0 fully saturated rings. The fourth-order valence-electron chi connectivity index (χ4n) is 2.51. The second kappa shape index (κ2) is 5.88. The first-order chi connectivity index (χ1) is 9.84. The van der Waals surface area contributed by atoms with E-state index < -0.39 is 6.10 Å². The maximum absolute atomic E-state index is 10.3. The molecule has 0 bridgehead atoms. The molecule has 1 N–H and O–H groups in total. The molecule has 1 atom stereocenters. The monoisotopic (exact) mass is 266 g/mol. The number of aryl methyl sites for hydroxylation is 1. The Hall–Kier alpha value is -2.13. The molecule has 0 radical (unpaired) electrons. The van der Waals surface area contributed by atoms with Gasteiger partial charge >= 0.3 is 0 Å². The first-order valence-corrected chi connectivity index (χ1v) is 6.99. The maximum Gasteiger partial charge on any atom is 0.0826 e. The van der Waals surface area contributed by atoms with Crippen LogP contribution in [0.5, 0.6) is 0 Å². The van der Waals surface area contributed by atoms with Crippen LogP contribution >= 0.6 is 0 Å². The van der Waals surface area contributed by atoms with Crippen molar-refractivity contribution in [3.63, 3.8) is 0 Å². The molecule has 0 amide bonds. The third kappa shape index (κ3) is 2.73. The number of hydrogen-bond acceptors (Lipinski definition) is 2. The molecule has 102 valence electrons. The summed E-state index contributed by atoms with van der Waals surface area (Å²) in [7, 11) is 0. The van der Waals surface area contributed by atoms with Crippen molar-refractivity contribution < 1.29 is 5.11 Å². The summed E-state index contributed by atoms with van der Waals surface area (Å²) < 4.78 is 1.80. The average molecular weight is 266 g/mol. The number of benzene rings is 1. The minimum Gasteiger partial charge on any atom is -0.388 e. The summed E-state index contributed by atoms with van der Waals surface area (Å²) in [4.78, 5) is 0. The summed E-state index contributed by atoms with van der Waals surface area (Å²) in [5.41, 5.74) is 3.22. The number of rotatable bonds is 5. The molecule has 0 aliphatic heterocycles. The molecule has 3 aromatic rings. The molecule has 2 aromatic heterocycles. The highest BCUT2D eigenvalue weighted by Crippen LogP contribution is 2.23. The molecule has 0 aliphatic carbocycles. The summed E-state index contributed by atoms with van der Waals surface area (Å²) in [6, 6.07) is 16.3. The quantitative estimate of drug-likeness (QED) is 0.768. The molecule has 0 spiro atoms. The van der Waals surface area contributed by atoms with E-state index in [9.17, 15) is 5.11 Å². The van der Waals surface area contributed by atoms with Gasteiger partial charge in [0.15, 0.2) is 0 Å². The van der Waals surface area contributed by atoms with Gasteiger partial charge in [-0.2, -0.15) is 5.10 Å². The minimum absolute atomic E-state index is 0.446. The van der Waals surface area contributed by atoms with E-state index in [1.807, 2.05) is 30.5 Å². The maximum atomic E-state index is 10.3. The third-order valence-corrected chi connectivity index (χ3v) is 3.60. The number of fused-ring (bicyclic) bond motifs is 1. The fourth-order valence-corrected chi connectivity index (χ4v) is 2.51. The van der Waals surface area contributed by atoms with Gasteiger partial charge in [-0.3, -0.25) is 0 Å². The predicted octanol–water partition coefficient (Wildman–Crippen LogP) is 3.39. The second-order valence-electron chi connectivity index (χ2n) is 5.02. The highest BCUT2D eigenvalue weighted by Gasteiger charge is 2.12. The minimum atomic E-state index is -0.446. The number of aromatic nitrogens is 2.